The van der Waals surface area contributed by atoms with Crippen LogP contribution in [-0.4, -0.2) is 75.1 Å². The summed E-state index contributed by atoms with van der Waals surface area (Å²) in [5.41, 5.74) is 5.78. The van der Waals surface area contributed by atoms with Gasteiger partial charge in [-0.3, -0.25) is 19.2 Å². The van der Waals surface area contributed by atoms with E-state index in [1.54, 1.807) is 0 Å². The number of amides is 3. The molecule has 0 aliphatic carbocycles. The van der Waals surface area contributed by atoms with Crippen molar-refractivity contribution in [1.82, 2.24) is 25.9 Å². The van der Waals surface area contributed by atoms with E-state index in [2.05, 4.69) is 25.9 Å². The van der Waals surface area contributed by atoms with E-state index in [0.717, 1.165) is 0 Å². The van der Waals surface area contributed by atoms with E-state index in [1.165, 1.54) is 19.4 Å². The van der Waals surface area contributed by atoms with Crippen molar-refractivity contribution >= 4 is 23.7 Å². The Morgan fingerprint density at radius 3 is 2.46 bits per heavy atom. The number of hydrogen-bond donors (Lipinski definition) is 7. The highest BCUT2D eigenvalue weighted by molar-refractivity contribution is 5.93. The lowest BCUT2D eigenvalue weighted by Gasteiger charge is -2.24. The maximum atomic E-state index is 12.5. The summed E-state index contributed by atoms with van der Waals surface area (Å²) in [6, 6.07) is -2.49. The lowest BCUT2D eigenvalue weighted by Crippen LogP contribution is -2.58. The second-order valence-electron chi connectivity index (χ2n) is 5.44. The summed E-state index contributed by atoms with van der Waals surface area (Å²) in [6.45, 7) is 0.249. The van der Waals surface area contributed by atoms with Gasteiger partial charge in [-0.1, -0.05) is 0 Å². The Kier molecular flexibility index (Phi) is 8.18. The normalized spacial score (nSPS) is 14.0. The van der Waals surface area contributed by atoms with Gasteiger partial charge in [0.15, 0.2) is 0 Å². The number of aliphatic hydroxyl groups excluding tert-OH is 1. The third-order valence-electron chi connectivity index (χ3n) is 3.29. The number of rotatable bonds is 10. The fraction of sp³-hybridized carbons (Fsp3) is 0.500. The van der Waals surface area contributed by atoms with Crippen LogP contribution in [0.2, 0.25) is 0 Å². The largest absolute Gasteiger partial charge is 0.480 e. The van der Waals surface area contributed by atoms with Crippen LogP contribution in [0.25, 0.3) is 0 Å². The van der Waals surface area contributed by atoms with Crippen molar-refractivity contribution in [2.75, 3.05) is 13.1 Å². The van der Waals surface area contributed by atoms with Crippen LogP contribution >= 0.6 is 0 Å². The molecule has 1 rings (SSSR count). The zero-order valence-electron chi connectivity index (χ0n) is 14.1. The van der Waals surface area contributed by atoms with Gasteiger partial charge in [0.25, 0.3) is 0 Å². The smallest absolute Gasteiger partial charge is 0.322 e. The maximum Gasteiger partial charge on any atom is 0.322 e. The highest BCUT2D eigenvalue weighted by Crippen LogP contribution is 2.01. The second-order valence-corrected chi connectivity index (χ2v) is 5.44. The third-order valence-corrected chi connectivity index (χ3v) is 3.29. The Morgan fingerprint density at radius 1 is 1.27 bits per heavy atom. The standard InChI is InChI=1S/C14H22N6O6/c1-7(21)12(14(26)17-5-11(23)24)20-13(25)9(19-10(22)3-15)2-8-4-16-6-18-8/h4,6-7,9,12,21H,2-3,5,15H2,1H3,(H,16,18)(H,17,26)(H,19,22)(H,20,25)(H,23,24). The van der Waals surface area contributed by atoms with Crippen molar-refractivity contribution in [1.29, 1.82) is 0 Å². The van der Waals surface area contributed by atoms with E-state index in [9.17, 15) is 24.3 Å². The molecule has 0 saturated heterocycles. The molecule has 12 nitrogen and oxygen atoms in total. The number of aromatic nitrogens is 2. The van der Waals surface area contributed by atoms with Crippen molar-refractivity contribution in [3.8, 4) is 0 Å². The summed E-state index contributed by atoms with van der Waals surface area (Å²) in [7, 11) is 0. The number of H-pyrrole nitrogens is 1. The number of aliphatic carboxylic acids is 1. The number of aliphatic hydroxyl groups is 1. The van der Waals surface area contributed by atoms with Crippen molar-refractivity contribution in [3.63, 3.8) is 0 Å². The average molecular weight is 370 g/mol. The van der Waals surface area contributed by atoms with Crippen LogP contribution < -0.4 is 21.7 Å². The third kappa shape index (κ3) is 6.86. The van der Waals surface area contributed by atoms with E-state index in [4.69, 9.17) is 10.8 Å². The van der Waals surface area contributed by atoms with Crippen LogP contribution in [0.5, 0.6) is 0 Å². The highest BCUT2D eigenvalue weighted by Gasteiger charge is 2.30. The molecule has 26 heavy (non-hydrogen) atoms. The van der Waals surface area contributed by atoms with Crippen LogP contribution in [-0.2, 0) is 25.6 Å². The van der Waals surface area contributed by atoms with Gasteiger partial charge in [0.05, 0.1) is 19.0 Å². The number of imidazole rings is 1. The maximum absolute atomic E-state index is 12.5. The fourth-order valence-electron chi connectivity index (χ4n) is 2.01. The molecule has 3 unspecified atom stereocenters. The van der Waals surface area contributed by atoms with Crippen LogP contribution in [0.15, 0.2) is 12.5 Å². The summed E-state index contributed by atoms with van der Waals surface area (Å²) < 4.78 is 0. The highest BCUT2D eigenvalue weighted by atomic mass is 16.4. The Bertz CT molecular complexity index is 632. The van der Waals surface area contributed by atoms with Gasteiger partial charge in [-0.25, -0.2) is 4.98 Å². The van der Waals surface area contributed by atoms with Crippen molar-refractivity contribution in [3.05, 3.63) is 18.2 Å². The zero-order valence-corrected chi connectivity index (χ0v) is 14.1. The second kappa shape index (κ2) is 10.1. The first-order valence-electron chi connectivity index (χ1n) is 7.69. The van der Waals surface area contributed by atoms with E-state index < -0.39 is 48.4 Å². The Hall–Kier alpha value is -2.99. The number of carbonyl (C=O) groups is 4. The first-order chi connectivity index (χ1) is 12.2. The first kappa shape index (κ1) is 21.1. The lowest BCUT2D eigenvalue weighted by molar-refractivity contribution is -0.139. The monoisotopic (exact) mass is 370 g/mol. The van der Waals surface area contributed by atoms with E-state index in [1.807, 2.05) is 0 Å². The summed E-state index contributed by atoms with van der Waals surface area (Å²) in [4.78, 5) is 53.1. The van der Waals surface area contributed by atoms with Gasteiger partial charge >= 0.3 is 5.97 Å². The molecule has 1 aromatic rings. The molecular weight excluding hydrogens is 348 g/mol. The molecule has 0 fully saturated rings. The molecule has 0 aliphatic rings. The molecule has 0 bridgehead atoms. The van der Waals surface area contributed by atoms with E-state index >= 15 is 0 Å². The molecule has 12 heteroatoms. The van der Waals surface area contributed by atoms with Gasteiger partial charge in [0.2, 0.25) is 17.7 Å². The summed E-state index contributed by atoms with van der Waals surface area (Å²) in [5, 5.41) is 25.1. The van der Waals surface area contributed by atoms with Gasteiger partial charge in [-0.15, -0.1) is 0 Å². The first-order valence-corrected chi connectivity index (χ1v) is 7.69. The number of hydrogen-bond acceptors (Lipinski definition) is 7. The fourth-order valence-corrected chi connectivity index (χ4v) is 2.01. The molecule has 0 saturated carbocycles. The van der Waals surface area contributed by atoms with E-state index in [-0.39, 0.29) is 13.0 Å². The van der Waals surface area contributed by atoms with E-state index in [0.29, 0.717) is 5.69 Å². The van der Waals surface area contributed by atoms with Crippen LogP contribution in [0.1, 0.15) is 12.6 Å². The SMILES string of the molecule is CC(O)C(NC(=O)C(Cc1cnc[nH]1)NC(=O)CN)C(=O)NCC(=O)O. The molecule has 1 aromatic heterocycles. The molecule has 0 spiro atoms. The van der Waals surface area contributed by atoms with Gasteiger partial charge in [0.1, 0.15) is 18.6 Å². The number of nitrogens with two attached hydrogens (primary N) is 1. The summed E-state index contributed by atoms with van der Waals surface area (Å²) in [6.07, 6.45) is 1.60. The average Bonchev–Trinajstić information content (AvgIpc) is 3.09. The Balaban J connectivity index is 2.84. The lowest BCUT2D eigenvalue weighted by atomic mass is 10.1. The summed E-state index contributed by atoms with van der Waals surface area (Å²) in [5.74, 6) is -3.49. The number of carboxylic acid groups (broad SMARTS) is 1. The van der Waals surface area contributed by atoms with Crippen molar-refractivity contribution in [2.24, 2.45) is 5.73 Å². The minimum atomic E-state index is -1.40. The zero-order chi connectivity index (χ0) is 19.7. The Labute approximate surface area is 148 Å². The Morgan fingerprint density at radius 2 is 1.96 bits per heavy atom. The number of carboxylic acids is 1. The van der Waals surface area contributed by atoms with Crippen LogP contribution in [0, 0.1) is 0 Å². The molecule has 3 atom stereocenters. The molecule has 1 heterocycles. The number of carbonyl (C=O) groups excluding carboxylic acids is 3. The van der Waals surface area contributed by atoms with Crippen molar-refractivity contribution in [2.45, 2.75) is 31.5 Å². The van der Waals surface area contributed by atoms with Gasteiger partial charge in [0, 0.05) is 18.3 Å². The summed E-state index contributed by atoms with van der Waals surface area (Å²) >= 11 is 0. The van der Waals surface area contributed by atoms with Gasteiger partial charge in [-0.2, -0.15) is 0 Å². The minimum Gasteiger partial charge on any atom is -0.480 e. The predicted octanol–water partition coefficient (Wildman–Crippen LogP) is -3.54. The molecule has 8 N–H and O–H groups in total. The minimum absolute atomic E-state index is 0.0425. The molecule has 0 radical (unpaired) electrons. The van der Waals surface area contributed by atoms with Crippen LogP contribution in [0.4, 0.5) is 0 Å². The molecule has 0 aliphatic heterocycles. The number of nitrogens with zero attached hydrogens (tertiary/aromatic N) is 1. The number of aromatic amines is 1. The topological polar surface area (TPSA) is 200 Å². The van der Waals surface area contributed by atoms with Crippen molar-refractivity contribution < 1.29 is 29.4 Å². The molecule has 0 aromatic carbocycles. The number of nitrogens with one attached hydrogen (secondary N) is 4. The quantitative estimate of drug-likeness (QED) is 0.219. The molecule has 144 valence electrons. The van der Waals surface area contributed by atoms with Gasteiger partial charge in [-0.05, 0) is 6.92 Å². The van der Waals surface area contributed by atoms with Crippen LogP contribution in [0.3, 0.4) is 0 Å². The molecule has 3 amide bonds. The molecular formula is C14H22N6O6. The van der Waals surface area contributed by atoms with Gasteiger partial charge < -0.3 is 36.9 Å². The predicted molar refractivity (Wildman–Crippen MR) is 87.5 cm³/mol.